The summed E-state index contributed by atoms with van der Waals surface area (Å²) < 4.78 is 13.9. The van der Waals surface area contributed by atoms with Gasteiger partial charge in [0.25, 0.3) is 0 Å². The molecule has 3 heteroatoms. The molecule has 0 bridgehead atoms. The fourth-order valence-electron chi connectivity index (χ4n) is 1.52. The normalized spacial score (nSPS) is 12.9. The summed E-state index contributed by atoms with van der Waals surface area (Å²) in [6, 6.07) is 5.89. The van der Waals surface area contributed by atoms with Crippen molar-refractivity contribution in [1.82, 2.24) is 5.32 Å². The number of nitrogens with one attached hydrogen (secondary N) is 1. The number of hydrogen-bond donors (Lipinski definition) is 1. The van der Waals surface area contributed by atoms with Crippen LogP contribution in [0.3, 0.4) is 0 Å². The zero-order valence-corrected chi connectivity index (χ0v) is 10.7. The van der Waals surface area contributed by atoms with Crippen LogP contribution >= 0.6 is 0 Å². The predicted molar refractivity (Wildman–Crippen MR) is 67.4 cm³/mol. The summed E-state index contributed by atoms with van der Waals surface area (Å²) in [7, 11) is 3.78. The summed E-state index contributed by atoms with van der Waals surface area (Å²) in [6.45, 7) is 6.10. The molecule has 1 aromatic rings. The second-order valence-electron chi connectivity index (χ2n) is 4.43. The molecule has 2 nitrogen and oxygen atoms in total. The summed E-state index contributed by atoms with van der Waals surface area (Å²) in [5.74, 6) is -0.157. The number of halogens is 1. The van der Waals surface area contributed by atoms with E-state index in [1.807, 2.05) is 51.9 Å². The van der Waals surface area contributed by atoms with Crippen LogP contribution < -0.4 is 10.2 Å². The molecular weight excluding hydrogens is 203 g/mol. The Morgan fingerprint density at radius 1 is 1.25 bits per heavy atom. The minimum atomic E-state index is -0.157. The fraction of sp³-hybridized carbons (Fsp3) is 0.538. The van der Waals surface area contributed by atoms with Crippen molar-refractivity contribution in [2.75, 3.05) is 19.0 Å². The monoisotopic (exact) mass is 224 g/mol. The van der Waals surface area contributed by atoms with Crippen molar-refractivity contribution in [3.05, 3.63) is 29.6 Å². The zero-order valence-electron chi connectivity index (χ0n) is 10.7. The van der Waals surface area contributed by atoms with E-state index in [9.17, 15) is 4.39 Å². The SMILES string of the molecule is CNC(C)c1ccc(N(C)C(C)C)c(F)c1. The van der Waals surface area contributed by atoms with Gasteiger partial charge >= 0.3 is 0 Å². The molecule has 0 heterocycles. The van der Waals surface area contributed by atoms with Gasteiger partial charge in [-0.25, -0.2) is 4.39 Å². The van der Waals surface area contributed by atoms with Gasteiger partial charge in [0.05, 0.1) is 5.69 Å². The van der Waals surface area contributed by atoms with Gasteiger partial charge < -0.3 is 10.2 Å². The van der Waals surface area contributed by atoms with Crippen LogP contribution in [0.25, 0.3) is 0 Å². The van der Waals surface area contributed by atoms with Crippen LogP contribution in [0.4, 0.5) is 10.1 Å². The largest absolute Gasteiger partial charge is 0.370 e. The van der Waals surface area contributed by atoms with Gasteiger partial charge in [-0.2, -0.15) is 0 Å². The molecule has 0 spiro atoms. The first-order valence-electron chi connectivity index (χ1n) is 5.67. The number of nitrogens with zero attached hydrogens (tertiary/aromatic N) is 1. The van der Waals surface area contributed by atoms with Gasteiger partial charge in [0.2, 0.25) is 0 Å². The third-order valence-corrected chi connectivity index (χ3v) is 3.06. The Bertz CT molecular complexity index is 350. The van der Waals surface area contributed by atoms with Gasteiger partial charge in [-0.3, -0.25) is 0 Å². The van der Waals surface area contributed by atoms with E-state index in [4.69, 9.17) is 0 Å². The van der Waals surface area contributed by atoms with E-state index >= 15 is 0 Å². The van der Waals surface area contributed by atoms with Crippen LogP contribution in [-0.4, -0.2) is 20.1 Å². The maximum absolute atomic E-state index is 13.9. The molecule has 0 radical (unpaired) electrons. The molecule has 0 amide bonds. The van der Waals surface area contributed by atoms with Crippen LogP contribution in [0, 0.1) is 5.82 Å². The summed E-state index contributed by atoms with van der Waals surface area (Å²) in [5, 5.41) is 3.10. The second-order valence-corrected chi connectivity index (χ2v) is 4.43. The number of hydrogen-bond acceptors (Lipinski definition) is 2. The van der Waals surface area contributed by atoms with Gasteiger partial charge in [-0.05, 0) is 45.5 Å². The summed E-state index contributed by atoms with van der Waals surface area (Å²) in [5.41, 5.74) is 1.63. The van der Waals surface area contributed by atoms with Crippen molar-refractivity contribution in [3.8, 4) is 0 Å². The minimum absolute atomic E-state index is 0.157. The Balaban J connectivity index is 3.00. The quantitative estimate of drug-likeness (QED) is 0.846. The van der Waals surface area contributed by atoms with Crippen molar-refractivity contribution in [2.24, 2.45) is 0 Å². The Morgan fingerprint density at radius 3 is 2.31 bits per heavy atom. The first-order valence-corrected chi connectivity index (χ1v) is 5.67. The molecule has 1 rings (SSSR count). The summed E-state index contributed by atoms with van der Waals surface area (Å²) >= 11 is 0. The number of benzene rings is 1. The lowest BCUT2D eigenvalue weighted by atomic mass is 10.1. The Hall–Kier alpha value is -1.09. The van der Waals surface area contributed by atoms with Gasteiger partial charge in [0.1, 0.15) is 5.82 Å². The van der Waals surface area contributed by atoms with Crippen molar-refractivity contribution in [2.45, 2.75) is 32.9 Å². The molecule has 0 aliphatic rings. The van der Waals surface area contributed by atoms with Crippen molar-refractivity contribution >= 4 is 5.69 Å². The predicted octanol–water partition coefficient (Wildman–Crippen LogP) is 2.95. The first kappa shape index (κ1) is 13.0. The molecule has 0 fully saturated rings. The highest BCUT2D eigenvalue weighted by atomic mass is 19.1. The van der Waals surface area contributed by atoms with Crippen molar-refractivity contribution in [3.63, 3.8) is 0 Å². The van der Waals surface area contributed by atoms with E-state index in [-0.39, 0.29) is 11.9 Å². The number of anilines is 1. The van der Waals surface area contributed by atoms with Crippen LogP contribution in [0.15, 0.2) is 18.2 Å². The molecule has 1 N–H and O–H groups in total. The van der Waals surface area contributed by atoms with Crippen molar-refractivity contribution in [1.29, 1.82) is 0 Å². The van der Waals surface area contributed by atoms with E-state index in [2.05, 4.69) is 5.32 Å². The molecule has 0 aromatic heterocycles. The summed E-state index contributed by atoms with van der Waals surface area (Å²) in [4.78, 5) is 1.93. The smallest absolute Gasteiger partial charge is 0.146 e. The third kappa shape index (κ3) is 2.73. The Kier molecular flexibility index (Phi) is 4.30. The van der Waals surface area contributed by atoms with E-state index < -0.39 is 0 Å². The standard InChI is InChI=1S/C13H21FN2/c1-9(2)16(5)13-7-6-11(8-12(13)14)10(3)15-4/h6-10,15H,1-5H3. The van der Waals surface area contributed by atoms with Crippen LogP contribution in [-0.2, 0) is 0 Å². The van der Waals surface area contributed by atoms with Crippen LogP contribution in [0.5, 0.6) is 0 Å². The molecular formula is C13H21FN2. The van der Waals surface area contributed by atoms with Crippen LogP contribution in [0.1, 0.15) is 32.4 Å². The van der Waals surface area contributed by atoms with Gasteiger partial charge in [-0.1, -0.05) is 6.07 Å². The van der Waals surface area contributed by atoms with E-state index in [1.54, 1.807) is 6.07 Å². The van der Waals surface area contributed by atoms with Gasteiger partial charge in [-0.15, -0.1) is 0 Å². The molecule has 16 heavy (non-hydrogen) atoms. The van der Waals surface area contributed by atoms with Gasteiger partial charge in [0.15, 0.2) is 0 Å². The van der Waals surface area contributed by atoms with E-state index in [1.165, 1.54) is 0 Å². The van der Waals surface area contributed by atoms with Crippen LogP contribution in [0.2, 0.25) is 0 Å². The minimum Gasteiger partial charge on any atom is -0.370 e. The van der Waals surface area contributed by atoms with Gasteiger partial charge in [0, 0.05) is 19.1 Å². The Labute approximate surface area is 97.5 Å². The second kappa shape index (κ2) is 5.30. The lowest BCUT2D eigenvalue weighted by molar-refractivity contribution is 0.599. The maximum Gasteiger partial charge on any atom is 0.146 e. The zero-order chi connectivity index (χ0) is 12.3. The Morgan fingerprint density at radius 2 is 1.88 bits per heavy atom. The highest BCUT2D eigenvalue weighted by molar-refractivity contribution is 5.49. The number of rotatable bonds is 4. The lowest BCUT2D eigenvalue weighted by Gasteiger charge is -2.25. The molecule has 0 aliphatic heterocycles. The topological polar surface area (TPSA) is 15.3 Å². The average molecular weight is 224 g/mol. The molecule has 1 unspecified atom stereocenters. The first-order chi connectivity index (χ1) is 7.47. The molecule has 90 valence electrons. The maximum atomic E-state index is 13.9. The van der Waals surface area contributed by atoms with E-state index in [0.717, 1.165) is 5.56 Å². The average Bonchev–Trinajstić information content (AvgIpc) is 2.26. The molecule has 1 atom stereocenters. The molecule has 0 saturated carbocycles. The molecule has 1 aromatic carbocycles. The highest BCUT2D eigenvalue weighted by Crippen LogP contribution is 2.23. The summed E-state index contributed by atoms with van der Waals surface area (Å²) in [6.07, 6.45) is 0. The molecule has 0 saturated heterocycles. The van der Waals surface area contributed by atoms with E-state index in [0.29, 0.717) is 11.7 Å². The molecule has 0 aliphatic carbocycles. The highest BCUT2D eigenvalue weighted by Gasteiger charge is 2.12. The fourth-order valence-corrected chi connectivity index (χ4v) is 1.52. The third-order valence-electron chi connectivity index (χ3n) is 3.06. The lowest BCUT2D eigenvalue weighted by Crippen LogP contribution is -2.26. The van der Waals surface area contributed by atoms with Crippen molar-refractivity contribution < 1.29 is 4.39 Å².